The Bertz CT molecular complexity index is 113. The monoisotopic (exact) mass is 131 g/mol. The second-order valence-corrected chi connectivity index (χ2v) is 1.39. The predicted molar refractivity (Wildman–Crippen MR) is 31.4 cm³/mol. The lowest BCUT2D eigenvalue weighted by molar-refractivity contribution is -0.140. The first-order valence-corrected chi connectivity index (χ1v) is 2.40. The van der Waals surface area contributed by atoms with Gasteiger partial charge in [0.25, 0.3) is 0 Å². The van der Waals surface area contributed by atoms with Crippen molar-refractivity contribution in [1.29, 1.82) is 0 Å². The number of ether oxygens (including phenoxy) is 1. The average Bonchev–Trinajstić information content (AvgIpc) is 1.87. The van der Waals surface area contributed by atoms with Crippen LogP contribution in [0.3, 0.4) is 0 Å². The summed E-state index contributed by atoms with van der Waals surface area (Å²) in [4.78, 5) is 10.4. The Morgan fingerprint density at radius 2 is 2.56 bits per heavy atom. The molecular weight excluding hydrogens is 122 g/mol. The molecule has 52 valence electrons. The van der Waals surface area contributed by atoms with Crippen molar-refractivity contribution in [3.63, 3.8) is 0 Å². The van der Waals surface area contributed by atoms with Crippen LogP contribution >= 0.6 is 0 Å². The molecule has 0 aliphatic heterocycles. The molecule has 0 radical (unpaired) electrons. The molecule has 0 aromatic heterocycles. The Balaban J connectivity index is 3.58. The van der Waals surface area contributed by atoms with Crippen LogP contribution in [0, 0.1) is 0 Å². The molecule has 0 saturated heterocycles. The fraction of sp³-hybridized carbons (Fsp3) is 0.400. The van der Waals surface area contributed by atoms with Crippen molar-refractivity contribution in [1.82, 2.24) is 0 Å². The minimum absolute atomic E-state index is 0.410. The molecule has 0 heterocycles. The minimum Gasteiger partial charge on any atom is -0.434 e. The normalized spacial score (nSPS) is 12.2. The van der Waals surface area contributed by atoms with E-state index < -0.39 is 18.6 Å². The Morgan fingerprint density at radius 3 is 2.89 bits per heavy atom. The third-order valence-electron chi connectivity index (χ3n) is 0.699. The molecule has 0 aliphatic rings. The van der Waals surface area contributed by atoms with Crippen LogP contribution in [0.25, 0.3) is 0 Å². The van der Waals surface area contributed by atoms with E-state index in [-0.39, 0.29) is 0 Å². The van der Waals surface area contributed by atoms with Crippen LogP contribution in [0.1, 0.15) is 0 Å². The SMILES string of the molecule is C=COC(=O)[C@@H](N)CO. The maximum atomic E-state index is 10.4. The zero-order chi connectivity index (χ0) is 7.28. The molecule has 0 amide bonds. The zero-order valence-corrected chi connectivity index (χ0v) is 4.91. The standard InChI is InChI=1S/C5H9NO3/c1-2-9-5(8)4(6)3-7/h2,4,7H,1,3,6H2/t4-/m0/s1. The van der Waals surface area contributed by atoms with Gasteiger partial charge in [-0.05, 0) is 0 Å². The fourth-order valence-corrected chi connectivity index (χ4v) is 0.244. The molecule has 4 heteroatoms. The van der Waals surface area contributed by atoms with Gasteiger partial charge in [0.05, 0.1) is 12.9 Å². The first-order chi connectivity index (χ1) is 4.22. The quantitative estimate of drug-likeness (QED) is 0.380. The van der Waals surface area contributed by atoms with Crippen LogP contribution < -0.4 is 5.73 Å². The maximum absolute atomic E-state index is 10.4. The highest BCUT2D eigenvalue weighted by Crippen LogP contribution is 1.82. The third kappa shape index (κ3) is 2.84. The molecule has 0 saturated carbocycles. The second kappa shape index (κ2) is 4.05. The van der Waals surface area contributed by atoms with E-state index in [1.807, 2.05) is 0 Å². The van der Waals surface area contributed by atoms with Crippen molar-refractivity contribution in [2.45, 2.75) is 6.04 Å². The maximum Gasteiger partial charge on any atom is 0.330 e. The van der Waals surface area contributed by atoms with E-state index in [4.69, 9.17) is 10.8 Å². The largest absolute Gasteiger partial charge is 0.434 e. The minimum atomic E-state index is -0.956. The first kappa shape index (κ1) is 8.13. The van der Waals surface area contributed by atoms with Crippen molar-refractivity contribution in [2.75, 3.05) is 6.61 Å². The van der Waals surface area contributed by atoms with Crippen LogP contribution in [0.5, 0.6) is 0 Å². The van der Waals surface area contributed by atoms with Gasteiger partial charge >= 0.3 is 5.97 Å². The average molecular weight is 131 g/mol. The Morgan fingerprint density at radius 1 is 2.00 bits per heavy atom. The van der Waals surface area contributed by atoms with Crippen molar-refractivity contribution in [3.05, 3.63) is 12.8 Å². The number of carbonyl (C=O) groups is 1. The number of carbonyl (C=O) groups excluding carboxylic acids is 1. The van der Waals surface area contributed by atoms with Gasteiger partial charge in [0, 0.05) is 0 Å². The highest BCUT2D eigenvalue weighted by molar-refractivity contribution is 5.76. The Kier molecular flexibility index (Phi) is 3.66. The summed E-state index contributed by atoms with van der Waals surface area (Å²) < 4.78 is 4.23. The molecule has 0 bridgehead atoms. The van der Waals surface area contributed by atoms with E-state index in [2.05, 4.69) is 11.3 Å². The van der Waals surface area contributed by atoms with Gasteiger partial charge in [-0.15, -0.1) is 0 Å². The molecule has 0 aromatic carbocycles. The predicted octanol–water partition coefficient (Wildman–Crippen LogP) is -1.01. The van der Waals surface area contributed by atoms with Gasteiger partial charge in [0.1, 0.15) is 6.04 Å². The number of hydrogen-bond donors (Lipinski definition) is 2. The number of aliphatic hydroxyl groups is 1. The van der Waals surface area contributed by atoms with Gasteiger partial charge in [-0.25, -0.2) is 4.79 Å². The lowest BCUT2D eigenvalue weighted by atomic mass is 10.3. The summed E-state index contributed by atoms with van der Waals surface area (Å²) in [6.07, 6.45) is 0.970. The highest BCUT2D eigenvalue weighted by atomic mass is 16.5. The summed E-state index contributed by atoms with van der Waals surface area (Å²) in [5, 5.41) is 8.27. The Hall–Kier alpha value is -0.870. The highest BCUT2D eigenvalue weighted by Gasteiger charge is 2.11. The van der Waals surface area contributed by atoms with Crippen LogP contribution in [0.15, 0.2) is 12.8 Å². The second-order valence-electron chi connectivity index (χ2n) is 1.39. The smallest absolute Gasteiger partial charge is 0.330 e. The van der Waals surface area contributed by atoms with Gasteiger partial charge < -0.3 is 15.6 Å². The van der Waals surface area contributed by atoms with Crippen molar-refractivity contribution < 1.29 is 14.6 Å². The molecule has 9 heavy (non-hydrogen) atoms. The van der Waals surface area contributed by atoms with E-state index >= 15 is 0 Å². The van der Waals surface area contributed by atoms with E-state index in [1.54, 1.807) is 0 Å². The van der Waals surface area contributed by atoms with Crippen molar-refractivity contribution in [3.8, 4) is 0 Å². The molecule has 0 spiro atoms. The van der Waals surface area contributed by atoms with E-state index in [9.17, 15) is 4.79 Å². The molecule has 0 aromatic rings. The molecule has 1 atom stereocenters. The summed E-state index contributed by atoms with van der Waals surface area (Å²) in [6, 6.07) is -0.956. The van der Waals surface area contributed by atoms with Gasteiger partial charge in [-0.3, -0.25) is 0 Å². The fourth-order valence-electron chi connectivity index (χ4n) is 0.244. The first-order valence-electron chi connectivity index (χ1n) is 2.40. The molecule has 0 fully saturated rings. The van der Waals surface area contributed by atoms with Gasteiger partial charge in [0.15, 0.2) is 0 Å². The topological polar surface area (TPSA) is 72.5 Å². The van der Waals surface area contributed by atoms with Crippen molar-refractivity contribution in [2.24, 2.45) is 5.73 Å². The van der Waals surface area contributed by atoms with E-state index in [0.717, 1.165) is 6.26 Å². The summed E-state index contributed by atoms with van der Waals surface area (Å²) in [7, 11) is 0. The van der Waals surface area contributed by atoms with Crippen molar-refractivity contribution >= 4 is 5.97 Å². The number of hydrogen-bond acceptors (Lipinski definition) is 4. The van der Waals surface area contributed by atoms with Gasteiger partial charge in [-0.1, -0.05) is 6.58 Å². The van der Waals surface area contributed by atoms with E-state index in [1.165, 1.54) is 0 Å². The third-order valence-corrected chi connectivity index (χ3v) is 0.699. The summed E-state index contributed by atoms with van der Waals surface area (Å²) in [5.74, 6) is -0.674. The summed E-state index contributed by atoms with van der Waals surface area (Å²) in [6.45, 7) is 2.73. The van der Waals surface area contributed by atoms with Crippen LogP contribution in [-0.4, -0.2) is 23.7 Å². The van der Waals surface area contributed by atoms with Gasteiger partial charge in [-0.2, -0.15) is 0 Å². The number of esters is 1. The van der Waals surface area contributed by atoms with E-state index in [0.29, 0.717) is 0 Å². The molecule has 3 N–H and O–H groups in total. The molecule has 4 nitrogen and oxygen atoms in total. The van der Waals surface area contributed by atoms with Gasteiger partial charge in [0.2, 0.25) is 0 Å². The summed E-state index contributed by atoms with van der Waals surface area (Å²) >= 11 is 0. The van der Waals surface area contributed by atoms with Crippen LogP contribution in [0.4, 0.5) is 0 Å². The lowest BCUT2D eigenvalue weighted by Gasteiger charge is -2.02. The van der Waals surface area contributed by atoms with Crippen LogP contribution in [0.2, 0.25) is 0 Å². The zero-order valence-electron chi connectivity index (χ0n) is 4.91. The molecule has 0 aliphatic carbocycles. The van der Waals surface area contributed by atoms with Crippen LogP contribution in [-0.2, 0) is 9.53 Å². The Labute approximate surface area is 52.9 Å². The molecular formula is C5H9NO3. The number of nitrogens with two attached hydrogens (primary N) is 1. The molecule has 0 rings (SSSR count). The lowest BCUT2D eigenvalue weighted by Crippen LogP contribution is -2.34. The summed E-state index contributed by atoms with van der Waals surface area (Å²) in [5.41, 5.74) is 5.03. The number of rotatable bonds is 3. The molecule has 0 unspecified atom stereocenters. The number of aliphatic hydroxyl groups excluding tert-OH is 1.